The van der Waals surface area contributed by atoms with Crippen molar-refractivity contribution in [2.75, 3.05) is 5.32 Å². The van der Waals surface area contributed by atoms with E-state index in [1.54, 1.807) is 45.0 Å². The fourth-order valence-electron chi connectivity index (χ4n) is 1.71. The minimum Gasteiger partial charge on any atom is -0.374 e. The normalized spacial score (nSPS) is 13.7. The Kier molecular flexibility index (Phi) is 5.39. The number of nitrogens with two attached hydrogens (primary N) is 1. The van der Waals surface area contributed by atoms with Crippen LogP contribution in [0.4, 0.5) is 5.69 Å². The number of nitrogens with one attached hydrogen (secondary N) is 1. The van der Waals surface area contributed by atoms with Gasteiger partial charge in [0.15, 0.2) is 9.84 Å². The molecule has 0 fully saturated rings. The summed E-state index contributed by atoms with van der Waals surface area (Å²) in [6.45, 7) is 6.94. The molecule has 0 heterocycles. The van der Waals surface area contributed by atoms with Crippen molar-refractivity contribution in [3.05, 3.63) is 29.8 Å². The molecule has 1 amide bonds. The first-order valence-electron chi connectivity index (χ1n) is 6.94. The number of amides is 1. The van der Waals surface area contributed by atoms with E-state index in [9.17, 15) is 13.2 Å². The van der Waals surface area contributed by atoms with Gasteiger partial charge in [-0.3, -0.25) is 4.79 Å². The first kappa shape index (κ1) is 17.5. The Balaban J connectivity index is 2.82. The van der Waals surface area contributed by atoms with Crippen LogP contribution in [0.1, 0.15) is 39.7 Å². The van der Waals surface area contributed by atoms with Gasteiger partial charge in [0.25, 0.3) is 0 Å². The van der Waals surface area contributed by atoms with Crippen molar-refractivity contribution < 1.29 is 13.2 Å². The Labute approximate surface area is 126 Å². The van der Waals surface area contributed by atoms with E-state index in [1.165, 1.54) is 0 Å². The number of rotatable bonds is 6. The van der Waals surface area contributed by atoms with Gasteiger partial charge in [-0.1, -0.05) is 19.1 Å². The summed E-state index contributed by atoms with van der Waals surface area (Å²) >= 11 is 0. The molecule has 0 saturated carbocycles. The Bertz CT molecular complexity index is 586. The molecule has 0 aromatic heterocycles. The van der Waals surface area contributed by atoms with Crippen LogP contribution < -0.4 is 11.1 Å². The summed E-state index contributed by atoms with van der Waals surface area (Å²) in [6, 6.07) is 6.60. The van der Waals surface area contributed by atoms with Crippen LogP contribution in [0, 0.1) is 0 Å². The van der Waals surface area contributed by atoms with E-state index in [0.717, 1.165) is 11.3 Å². The zero-order valence-electron chi connectivity index (χ0n) is 13.0. The van der Waals surface area contributed by atoms with Crippen molar-refractivity contribution in [2.45, 2.75) is 50.7 Å². The number of anilines is 1. The lowest BCUT2D eigenvalue weighted by atomic mass is 10.2. The molecule has 0 radical (unpaired) electrons. The summed E-state index contributed by atoms with van der Waals surface area (Å²) in [5.41, 5.74) is 6.75. The number of benzene rings is 1. The SMILES string of the molecule is CCC(Nc1ccc(CS(=O)(=O)C(C)(C)C)cc1)C(N)=O. The monoisotopic (exact) mass is 312 g/mol. The number of hydrogen-bond donors (Lipinski definition) is 2. The van der Waals surface area contributed by atoms with Gasteiger partial charge in [0.1, 0.15) is 6.04 Å². The van der Waals surface area contributed by atoms with Crippen molar-refractivity contribution in [1.82, 2.24) is 0 Å². The van der Waals surface area contributed by atoms with E-state index < -0.39 is 26.5 Å². The van der Waals surface area contributed by atoms with Crippen LogP contribution in [0.25, 0.3) is 0 Å². The van der Waals surface area contributed by atoms with Gasteiger partial charge in [-0.25, -0.2) is 8.42 Å². The molecule has 0 aliphatic heterocycles. The van der Waals surface area contributed by atoms with Gasteiger partial charge in [-0.2, -0.15) is 0 Å². The fourth-order valence-corrected chi connectivity index (χ4v) is 2.77. The average molecular weight is 312 g/mol. The molecule has 21 heavy (non-hydrogen) atoms. The van der Waals surface area contributed by atoms with E-state index in [2.05, 4.69) is 5.32 Å². The summed E-state index contributed by atoms with van der Waals surface area (Å²) in [6.07, 6.45) is 0.593. The van der Waals surface area contributed by atoms with Crippen LogP contribution in [-0.2, 0) is 20.4 Å². The fraction of sp³-hybridized carbons (Fsp3) is 0.533. The molecule has 3 N–H and O–H groups in total. The lowest BCUT2D eigenvalue weighted by molar-refractivity contribution is -0.118. The predicted octanol–water partition coefficient (Wildman–Crippen LogP) is 2.08. The van der Waals surface area contributed by atoms with Gasteiger partial charge in [-0.15, -0.1) is 0 Å². The molecule has 6 heteroatoms. The average Bonchev–Trinajstić information content (AvgIpc) is 2.35. The van der Waals surface area contributed by atoms with Crippen molar-refractivity contribution in [1.29, 1.82) is 0 Å². The van der Waals surface area contributed by atoms with Crippen molar-refractivity contribution in [3.63, 3.8) is 0 Å². The van der Waals surface area contributed by atoms with Crippen LogP contribution in [0.15, 0.2) is 24.3 Å². The van der Waals surface area contributed by atoms with Crippen molar-refractivity contribution in [3.8, 4) is 0 Å². The highest BCUT2D eigenvalue weighted by atomic mass is 32.2. The molecular weight excluding hydrogens is 288 g/mol. The number of hydrogen-bond acceptors (Lipinski definition) is 4. The summed E-state index contributed by atoms with van der Waals surface area (Å²) in [4.78, 5) is 11.2. The number of primary amides is 1. The van der Waals surface area contributed by atoms with E-state index >= 15 is 0 Å². The highest BCUT2D eigenvalue weighted by Crippen LogP contribution is 2.21. The second kappa shape index (κ2) is 6.47. The van der Waals surface area contributed by atoms with E-state index in [-0.39, 0.29) is 5.75 Å². The molecule has 0 spiro atoms. The molecule has 1 aromatic rings. The minimum atomic E-state index is -3.20. The molecule has 1 rings (SSSR count). The van der Waals surface area contributed by atoms with Crippen LogP contribution in [0.3, 0.4) is 0 Å². The third kappa shape index (κ3) is 4.74. The lowest BCUT2D eigenvalue weighted by Gasteiger charge is -2.19. The van der Waals surface area contributed by atoms with E-state index in [0.29, 0.717) is 6.42 Å². The van der Waals surface area contributed by atoms with Gasteiger partial charge in [-0.05, 0) is 44.9 Å². The maximum absolute atomic E-state index is 12.1. The maximum atomic E-state index is 12.1. The van der Waals surface area contributed by atoms with Gasteiger partial charge in [0, 0.05) is 5.69 Å². The van der Waals surface area contributed by atoms with Crippen molar-refractivity contribution in [2.24, 2.45) is 5.73 Å². The minimum absolute atomic E-state index is 0.00378. The molecule has 5 nitrogen and oxygen atoms in total. The third-order valence-corrected chi connectivity index (χ3v) is 5.92. The highest BCUT2D eigenvalue weighted by molar-refractivity contribution is 7.91. The van der Waals surface area contributed by atoms with Crippen LogP contribution in [0.5, 0.6) is 0 Å². The zero-order chi connectivity index (χ0) is 16.3. The standard InChI is InChI=1S/C15H24N2O3S/c1-5-13(14(16)18)17-12-8-6-11(7-9-12)10-21(19,20)15(2,3)4/h6-9,13,17H,5,10H2,1-4H3,(H2,16,18). The van der Waals surface area contributed by atoms with Gasteiger partial charge < -0.3 is 11.1 Å². The van der Waals surface area contributed by atoms with Crippen molar-refractivity contribution >= 4 is 21.4 Å². The second-order valence-electron chi connectivity index (χ2n) is 6.08. The second-order valence-corrected chi connectivity index (χ2v) is 8.82. The van der Waals surface area contributed by atoms with Gasteiger partial charge >= 0.3 is 0 Å². The number of sulfone groups is 1. The van der Waals surface area contributed by atoms with Crippen LogP contribution in [-0.4, -0.2) is 25.1 Å². The molecule has 0 bridgehead atoms. The molecule has 0 saturated heterocycles. The Hall–Kier alpha value is -1.56. The highest BCUT2D eigenvalue weighted by Gasteiger charge is 2.28. The summed E-state index contributed by atoms with van der Waals surface area (Å²) in [7, 11) is -3.20. The molecule has 1 unspecified atom stereocenters. The zero-order valence-corrected chi connectivity index (χ0v) is 13.8. The number of carbonyl (C=O) groups is 1. The Morgan fingerprint density at radius 3 is 2.14 bits per heavy atom. The molecule has 118 valence electrons. The molecule has 0 aliphatic rings. The summed E-state index contributed by atoms with van der Waals surface area (Å²) < 4.78 is 23.5. The molecular formula is C15H24N2O3S. The number of carbonyl (C=O) groups excluding carboxylic acids is 1. The topological polar surface area (TPSA) is 89.3 Å². The van der Waals surface area contributed by atoms with E-state index in [4.69, 9.17) is 5.73 Å². The first-order chi connectivity index (χ1) is 9.56. The summed E-state index contributed by atoms with van der Waals surface area (Å²) in [5, 5.41) is 3.02. The van der Waals surface area contributed by atoms with Crippen LogP contribution in [0.2, 0.25) is 0 Å². The largest absolute Gasteiger partial charge is 0.374 e. The Morgan fingerprint density at radius 1 is 1.24 bits per heavy atom. The van der Waals surface area contributed by atoms with Gasteiger partial charge in [0.05, 0.1) is 10.5 Å². The maximum Gasteiger partial charge on any atom is 0.239 e. The molecule has 0 aliphatic carbocycles. The van der Waals surface area contributed by atoms with Gasteiger partial charge in [0.2, 0.25) is 5.91 Å². The molecule has 1 atom stereocenters. The predicted molar refractivity (Wildman–Crippen MR) is 85.7 cm³/mol. The first-order valence-corrected chi connectivity index (χ1v) is 8.59. The third-order valence-electron chi connectivity index (χ3n) is 3.34. The molecule has 1 aromatic carbocycles. The lowest BCUT2D eigenvalue weighted by Crippen LogP contribution is -2.34. The smallest absolute Gasteiger partial charge is 0.239 e. The summed E-state index contributed by atoms with van der Waals surface area (Å²) in [5.74, 6) is -0.402. The quantitative estimate of drug-likeness (QED) is 0.841. The van der Waals surface area contributed by atoms with Crippen LogP contribution >= 0.6 is 0 Å². The van der Waals surface area contributed by atoms with E-state index in [1.807, 2.05) is 6.92 Å². The Morgan fingerprint density at radius 2 is 1.76 bits per heavy atom.